The molecule has 0 fully saturated rings. The van der Waals surface area contributed by atoms with E-state index in [1.165, 1.54) is 0 Å². The lowest BCUT2D eigenvalue weighted by Crippen LogP contribution is -2.11. The highest BCUT2D eigenvalue weighted by Gasteiger charge is 1.95. The first kappa shape index (κ1) is 7.63. The van der Waals surface area contributed by atoms with Crippen LogP contribution in [0.25, 0.3) is 0 Å². The number of aliphatic imine (C=N–C) groups is 1. The number of aliphatic hydroxyl groups excluding tert-OH is 1. The molecule has 0 aliphatic carbocycles. The second kappa shape index (κ2) is 3.61. The van der Waals surface area contributed by atoms with Gasteiger partial charge in [-0.05, 0) is 20.8 Å². The van der Waals surface area contributed by atoms with Gasteiger partial charge in [-0.2, -0.15) is 0 Å². The first-order chi connectivity index (χ1) is 3.68. The molecule has 1 atom stereocenters. The van der Waals surface area contributed by atoms with Gasteiger partial charge in [-0.25, -0.2) is 0 Å². The Morgan fingerprint density at radius 2 is 2.25 bits per heavy atom. The summed E-state index contributed by atoms with van der Waals surface area (Å²) in [7, 11) is 0. The zero-order chi connectivity index (χ0) is 6.57. The summed E-state index contributed by atoms with van der Waals surface area (Å²) in [5.41, 5.74) is 0.813. The highest BCUT2D eigenvalue weighted by molar-refractivity contribution is 5.85. The Hall–Kier alpha value is -0.370. The van der Waals surface area contributed by atoms with Crippen molar-refractivity contribution in [1.29, 1.82) is 0 Å². The van der Waals surface area contributed by atoms with E-state index in [0.29, 0.717) is 0 Å². The fourth-order valence-electron chi connectivity index (χ4n) is 0.382. The van der Waals surface area contributed by atoms with Crippen LogP contribution in [0.3, 0.4) is 0 Å². The quantitative estimate of drug-likeness (QED) is 0.531. The van der Waals surface area contributed by atoms with Gasteiger partial charge in [0.05, 0.1) is 6.10 Å². The second-order valence-electron chi connectivity index (χ2n) is 1.79. The zero-order valence-electron chi connectivity index (χ0n) is 5.68. The van der Waals surface area contributed by atoms with Crippen LogP contribution in [0.5, 0.6) is 0 Å². The monoisotopic (exact) mass is 115 g/mol. The molecule has 0 rings (SSSR count). The zero-order valence-corrected chi connectivity index (χ0v) is 5.68. The van der Waals surface area contributed by atoms with Gasteiger partial charge >= 0.3 is 0 Å². The molecule has 0 aromatic carbocycles. The minimum absolute atomic E-state index is 0.380. The molecular formula is C6H13NO. The maximum Gasteiger partial charge on any atom is 0.0885 e. The minimum Gasteiger partial charge on any atom is -0.387 e. The number of hydrogen-bond acceptors (Lipinski definition) is 2. The predicted octanol–water partition coefficient (Wildman–Crippen LogP) is 0.848. The summed E-state index contributed by atoms with van der Waals surface area (Å²) >= 11 is 0. The molecule has 0 aromatic heterocycles. The van der Waals surface area contributed by atoms with Gasteiger partial charge in [0.15, 0.2) is 0 Å². The van der Waals surface area contributed by atoms with Gasteiger partial charge in [0.1, 0.15) is 0 Å². The molecule has 8 heavy (non-hydrogen) atoms. The van der Waals surface area contributed by atoms with Crippen molar-refractivity contribution < 1.29 is 5.11 Å². The largest absolute Gasteiger partial charge is 0.387 e. The van der Waals surface area contributed by atoms with Crippen LogP contribution in [0.1, 0.15) is 20.8 Å². The molecule has 0 radical (unpaired) electrons. The van der Waals surface area contributed by atoms with Crippen LogP contribution < -0.4 is 0 Å². The molecule has 0 saturated heterocycles. The Morgan fingerprint density at radius 1 is 1.75 bits per heavy atom. The van der Waals surface area contributed by atoms with Crippen LogP contribution >= 0.6 is 0 Å². The molecule has 0 bridgehead atoms. The van der Waals surface area contributed by atoms with Gasteiger partial charge in [-0.1, -0.05) is 0 Å². The highest BCUT2D eigenvalue weighted by atomic mass is 16.3. The van der Waals surface area contributed by atoms with E-state index in [-0.39, 0.29) is 6.10 Å². The molecule has 0 spiro atoms. The van der Waals surface area contributed by atoms with Crippen molar-refractivity contribution in [1.82, 2.24) is 0 Å². The molecule has 0 amide bonds. The molecule has 0 aromatic rings. The third-order valence-corrected chi connectivity index (χ3v) is 1.01. The van der Waals surface area contributed by atoms with Crippen molar-refractivity contribution in [2.45, 2.75) is 26.9 Å². The fourth-order valence-corrected chi connectivity index (χ4v) is 0.382. The Bertz CT molecular complexity index is 86.5. The lowest BCUT2D eigenvalue weighted by molar-refractivity contribution is 0.261. The molecule has 0 heterocycles. The third-order valence-electron chi connectivity index (χ3n) is 1.01. The second-order valence-corrected chi connectivity index (χ2v) is 1.79. The van der Waals surface area contributed by atoms with Crippen LogP contribution in [0.15, 0.2) is 4.99 Å². The summed E-state index contributed by atoms with van der Waals surface area (Å²) in [6.45, 7) is 6.26. The maximum absolute atomic E-state index is 8.82. The normalized spacial score (nSPS) is 16.2. The third kappa shape index (κ3) is 2.75. The van der Waals surface area contributed by atoms with E-state index in [1.807, 2.05) is 13.8 Å². The number of hydrogen-bond donors (Lipinski definition) is 1. The highest BCUT2D eigenvalue weighted by Crippen LogP contribution is 1.84. The number of rotatable bonds is 2. The van der Waals surface area contributed by atoms with E-state index in [0.717, 1.165) is 12.3 Å². The Balaban J connectivity index is 3.61. The summed E-state index contributed by atoms with van der Waals surface area (Å²) in [6.07, 6.45) is -0.380. The number of nitrogens with zero attached hydrogens (tertiary/aromatic N) is 1. The summed E-state index contributed by atoms with van der Waals surface area (Å²) in [5, 5.41) is 8.82. The topological polar surface area (TPSA) is 32.6 Å². The van der Waals surface area contributed by atoms with Crippen LogP contribution in [-0.2, 0) is 0 Å². The van der Waals surface area contributed by atoms with Crippen LogP contribution in [0.2, 0.25) is 0 Å². The summed E-state index contributed by atoms with van der Waals surface area (Å²) < 4.78 is 0. The van der Waals surface area contributed by atoms with Gasteiger partial charge in [0.2, 0.25) is 0 Å². The van der Waals surface area contributed by atoms with E-state index in [4.69, 9.17) is 5.11 Å². The smallest absolute Gasteiger partial charge is 0.0885 e. The van der Waals surface area contributed by atoms with E-state index < -0.39 is 0 Å². The minimum atomic E-state index is -0.380. The summed E-state index contributed by atoms with van der Waals surface area (Å²) in [6, 6.07) is 0. The average molecular weight is 115 g/mol. The summed E-state index contributed by atoms with van der Waals surface area (Å²) in [5.74, 6) is 0. The van der Waals surface area contributed by atoms with Crippen molar-refractivity contribution in [2.75, 3.05) is 6.54 Å². The average Bonchev–Trinajstić information content (AvgIpc) is 1.67. The molecule has 2 nitrogen and oxygen atoms in total. The molecule has 0 aliphatic heterocycles. The van der Waals surface area contributed by atoms with Crippen molar-refractivity contribution >= 4 is 5.71 Å². The number of aliphatic hydroxyl groups is 1. The van der Waals surface area contributed by atoms with E-state index in [1.54, 1.807) is 6.92 Å². The fraction of sp³-hybridized carbons (Fsp3) is 0.833. The van der Waals surface area contributed by atoms with Crippen LogP contribution in [-0.4, -0.2) is 23.5 Å². The van der Waals surface area contributed by atoms with E-state index in [9.17, 15) is 0 Å². The van der Waals surface area contributed by atoms with Crippen LogP contribution in [0.4, 0.5) is 0 Å². The van der Waals surface area contributed by atoms with Gasteiger partial charge in [-0.3, -0.25) is 4.99 Å². The lowest BCUT2D eigenvalue weighted by Gasteiger charge is -2.00. The Labute approximate surface area is 50.3 Å². The SMILES string of the molecule is CC/N=C(/C)C(C)O. The van der Waals surface area contributed by atoms with E-state index in [2.05, 4.69) is 4.99 Å². The first-order valence-corrected chi connectivity index (χ1v) is 2.87. The van der Waals surface area contributed by atoms with Crippen molar-refractivity contribution in [3.05, 3.63) is 0 Å². The molecule has 48 valence electrons. The van der Waals surface area contributed by atoms with Gasteiger partial charge < -0.3 is 5.11 Å². The Morgan fingerprint density at radius 3 is 2.38 bits per heavy atom. The van der Waals surface area contributed by atoms with Crippen molar-refractivity contribution in [3.63, 3.8) is 0 Å². The van der Waals surface area contributed by atoms with E-state index >= 15 is 0 Å². The molecule has 2 heteroatoms. The predicted molar refractivity (Wildman–Crippen MR) is 35.3 cm³/mol. The van der Waals surface area contributed by atoms with Gasteiger partial charge in [0, 0.05) is 12.3 Å². The lowest BCUT2D eigenvalue weighted by atomic mass is 10.3. The van der Waals surface area contributed by atoms with Crippen molar-refractivity contribution in [3.8, 4) is 0 Å². The molecule has 1 N–H and O–H groups in total. The Kier molecular flexibility index (Phi) is 3.44. The molecule has 1 unspecified atom stereocenters. The molecule has 0 aliphatic rings. The summed E-state index contributed by atoms with van der Waals surface area (Å²) in [4.78, 5) is 3.99. The first-order valence-electron chi connectivity index (χ1n) is 2.87. The van der Waals surface area contributed by atoms with Gasteiger partial charge in [0.25, 0.3) is 0 Å². The van der Waals surface area contributed by atoms with Crippen molar-refractivity contribution in [2.24, 2.45) is 4.99 Å². The molecule has 0 saturated carbocycles. The standard InChI is InChI=1S/C6H13NO/c1-4-7-5(2)6(3)8/h6,8H,4H2,1-3H3/b7-5-. The van der Waals surface area contributed by atoms with Crippen LogP contribution in [0, 0.1) is 0 Å². The maximum atomic E-state index is 8.82. The van der Waals surface area contributed by atoms with Gasteiger partial charge in [-0.15, -0.1) is 0 Å². The molecular weight excluding hydrogens is 102 g/mol.